The molecule has 0 N–H and O–H groups in total. The summed E-state index contributed by atoms with van der Waals surface area (Å²) in [6.45, 7) is -0.158. The van der Waals surface area contributed by atoms with Gasteiger partial charge in [-0.3, -0.25) is 0 Å². The monoisotopic (exact) mass is 793 g/mol. The fraction of sp³-hybridized carbons (Fsp3) is 0.222. The van der Waals surface area contributed by atoms with E-state index in [-0.39, 0.29) is 20.1 Å². The summed E-state index contributed by atoms with van der Waals surface area (Å²) in [7, 11) is 0. The Hall–Kier alpha value is -4.10. The van der Waals surface area contributed by atoms with Crippen molar-refractivity contribution in [3.05, 3.63) is 174 Å². The summed E-state index contributed by atoms with van der Waals surface area (Å²) in [6, 6.07) is 51.7. The van der Waals surface area contributed by atoms with E-state index in [1.54, 1.807) is 6.20 Å². The number of aromatic nitrogens is 1. The summed E-state index contributed by atoms with van der Waals surface area (Å²) in [5.74, 6) is -0.242. The van der Waals surface area contributed by atoms with Gasteiger partial charge < -0.3 is 4.98 Å². The summed E-state index contributed by atoms with van der Waals surface area (Å²) in [5, 5.41) is 0. The van der Waals surface area contributed by atoms with Crippen LogP contribution in [-0.4, -0.2) is 4.98 Å². The van der Waals surface area contributed by atoms with Gasteiger partial charge in [0.1, 0.15) is 0 Å². The summed E-state index contributed by atoms with van der Waals surface area (Å²) in [6.07, 6.45) is 8.63. The molecule has 0 saturated heterocycles. The van der Waals surface area contributed by atoms with E-state index in [9.17, 15) is 0 Å². The SMILES string of the molecule is [2H]C(C)(c1ccc(-c2ccccc2)cc1)c1cc[c-]c(-c2[c-]cccc2)c1.[2H]C([2H])([2H])c1cnc(-c2[c-]cccc2)cc1CC1CCCCC1.[Ir+3]. The number of benzene rings is 5. The van der Waals surface area contributed by atoms with Gasteiger partial charge in [0.05, 0.1) is 0 Å². The predicted molar refractivity (Wildman–Crippen MR) is 192 cm³/mol. The molecule has 1 aromatic heterocycles. The van der Waals surface area contributed by atoms with Crippen LogP contribution < -0.4 is 0 Å². The Labute approximate surface area is 301 Å². The zero-order valence-corrected chi connectivity index (χ0v) is 29.2. The summed E-state index contributed by atoms with van der Waals surface area (Å²) < 4.78 is 32.4. The molecule has 1 atom stereocenters. The van der Waals surface area contributed by atoms with Gasteiger partial charge in [-0.15, -0.1) is 53.6 Å². The maximum absolute atomic E-state index is 9.02. The zero-order chi connectivity index (χ0) is 35.0. The Morgan fingerprint density at radius 3 is 2.04 bits per heavy atom. The van der Waals surface area contributed by atoms with E-state index in [0.29, 0.717) is 11.5 Å². The minimum absolute atomic E-state index is 0. The molecule has 1 aliphatic carbocycles. The third kappa shape index (κ3) is 9.25. The van der Waals surface area contributed by atoms with Gasteiger partial charge in [-0.1, -0.05) is 105 Å². The van der Waals surface area contributed by atoms with Gasteiger partial charge in [-0.2, -0.15) is 42.5 Å². The minimum Gasteiger partial charge on any atom is -0.304 e. The van der Waals surface area contributed by atoms with Crippen LogP contribution in [0.3, 0.4) is 0 Å². The molecule has 2 heteroatoms. The number of rotatable bonds is 7. The Bertz CT molecular complexity index is 1950. The molecule has 6 aromatic rings. The zero-order valence-electron chi connectivity index (χ0n) is 30.8. The topological polar surface area (TPSA) is 12.9 Å². The van der Waals surface area contributed by atoms with E-state index in [2.05, 4.69) is 59.6 Å². The van der Waals surface area contributed by atoms with Crippen molar-refractivity contribution in [3.8, 4) is 33.5 Å². The van der Waals surface area contributed by atoms with E-state index >= 15 is 0 Å². The molecule has 0 radical (unpaired) electrons. The third-order valence-corrected chi connectivity index (χ3v) is 8.87. The van der Waals surface area contributed by atoms with Crippen molar-refractivity contribution in [2.24, 2.45) is 5.92 Å². The molecule has 0 bridgehead atoms. The second kappa shape index (κ2) is 17.2. The molecule has 0 spiro atoms. The molecule has 236 valence electrons. The van der Waals surface area contributed by atoms with Crippen LogP contribution in [0.1, 0.15) is 72.7 Å². The van der Waals surface area contributed by atoms with Crippen molar-refractivity contribution in [2.45, 2.75) is 58.2 Å². The molecule has 5 aromatic carbocycles. The normalized spacial score (nSPS) is 15.7. The van der Waals surface area contributed by atoms with Gasteiger partial charge in [0, 0.05) is 11.7 Å². The largest absolute Gasteiger partial charge is 3.00 e. The van der Waals surface area contributed by atoms with Gasteiger partial charge in [0.2, 0.25) is 0 Å². The van der Waals surface area contributed by atoms with Crippen LogP contribution in [0.2, 0.25) is 0 Å². The second-order valence-electron chi connectivity index (χ2n) is 12.0. The van der Waals surface area contributed by atoms with Gasteiger partial charge in [-0.25, -0.2) is 11.1 Å². The standard InChI is InChI=1S/C26H20.C19H22N.Ir/c1-20(21-15-17-24(18-16-21)22-9-4-2-5-10-22)25-13-8-14-26(19-25)23-11-6-3-7-12-23;1-15-14-20-19(17-10-6-3-7-11-17)13-18(15)12-16-8-4-2-5-9-16;/h2-11,13,15-20H,1H3;3,6-7,10,13-14,16H,2,4-5,8-9,12H2,1H3;/q-2;-1;+3/i20D;1D3;. The predicted octanol–water partition coefficient (Wildman–Crippen LogP) is 11.8. The van der Waals surface area contributed by atoms with Gasteiger partial charge in [-0.05, 0) is 53.0 Å². The number of aryl methyl sites for hydroxylation is 1. The van der Waals surface area contributed by atoms with Gasteiger partial charge >= 0.3 is 20.1 Å². The molecule has 47 heavy (non-hydrogen) atoms. The Morgan fingerprint density at radius 2 is 1.36 bits per heavy atom. The molecular formula is C45H42IrN. The Morgan fingerprint density at radius 1 is 0.702 bits per heavy atom. The van der Waals surface area contributed by atoms with Crippen LogP contribution in [-0.2, 0) is 26.5 Å². The van der Waals surface area contributed by atoms with Crippen LogP contribution in [0.15, 0.2) is 134 Å². The fourth-order valence-corrected chi connectivity index (χ4v) is 6.19. The van der Waals surface area contributed by atoms with E-state index in [1.807, 2.05) is 97.9 Å². The van der Waals surface area contributed by atoms with Crippen LogP contribution in [0.4, 0.5) is 0 Å². The number of hydrogen-bond acceptors (Lipinski definition) is 1. The number of pyridine rings is 1. The first kappa shape index (κ1) is 29.1. The first-order valence-electron chi connectivity index (χ1n) is 18.3. The van der Waals surface area contributed by atoms with Crippen molar-refractivity contribution in [3.63, 3.8) is 0 Å². The molecule has 1 unspecified atom stereocenters. The van der Waals surface area contributed by atoms with Crippen molar-refractivity contribution in [2.75, 3.05) is 0 Å². The smallest absolute Gasteiger partial charge is 0.304 e. The molecule has 0 aliphatic heterocycles. The minimum atomic E-state index is -2.10. The van der Waals surface area contributed by atoms with Crippen LogP contribution in [0.25, 0.3) is 33.5 Å². The van der Waals surface area contributed by atoms with Gasteiger partial charge in [0.25, 0.3) is 0 Å². The molecule has 0 amide bonds. The van der Waals surface area contributed by atoms with E-state index < -0.39 is 12.7 Å². The van der Waals surface area contributed by atoms with Crippen LogP contribution in [0.5, 0.6) is 0 Å². The van der Waals surface area contributed by atoms with Crippen LogP contribution >= 0.6 is 0 Å². The quantitative estimate of drug-likeness (QED) is 0.147. The second-order valence-corrected chi connectivity index (χ2v) is 12.0. The maximum Gasteiger partial charge on any atom is 3.00 e. The van der Waals surface area contributed by atoms with E-state index in [1.165, 1.54) is 37.7 Å². The first-order chi connectivity index (χ1) is 24.2. The Kier molecular flexibility index (Phi) is 10.6. The molecule has 1 nitrogen and oxygen atoms in total. The summed E-state index contributed by atoms with van der Waals surface area (Å²) in [5.41, 5.74) is 9.28. The Balaban J connectivity index is 0.000000196. The number of hydrogen-bond donors (Lipinski definition) is 0. The molecule has 1 fully saturated rings. The van der Waals surface area contributed by atoms with Gasteiger partial charge in [0.15, 0.2) is 0 Å². The molecule has 1 saturated carbocycles. The van der Waals surface area contributed by atoms with Crippen molar-refractivity contribution in [1.82, 2.24) is 4.98 Å². The summed E-state index contributed by atoms with van der Waals surface area (Å²) >= 11 is 0. The summed E-state index contributed by atoms with van der Waals surface area (Å²) in [4.78, 5) is 4.38. The fourth-order valence-electron chi connectivity index (χ4n) is 6.19. The molecule has 1 aliphatic rings. The molecule has 7 rings (SSSR count). The van der Waals surface area contributed by atoms with Crippen molar-refractivity contribution >= 4 is 0 Å². The van der Waals surface area contributed by atoms with Crippen molar-refractivity contribution < 1.29 is 25.6 Å². The van der Waals surface area contributed by atoms with Crippen molar-refractivity contribution in [1.29, 1.82) is 0 Å². The third-order valence-electron chi connectivity index (χ3n) is 8.87. The number of nitrogens with zero attached hydrogens (tertiary/aromatic N) is 1. The molecular weight excluding hydrogens is 747 g/mol. The maximum atomic E-state index is 9.02. The average Bonchev–Trinajstić information content (AvgIpc) is 3.16. The van der Waals surface area contributed by atoms with E-state index in [0.717, 1.165) is 51.1 Å². The average molecular weight is 793 g/mol. The first-order valence-corrected chi connectivity index (χ1v) is 16.3. The molecule has 1 heterocycles. The van der Waals surface area contributed by atoms with E-state index in [4.69, 9.17) is 5.48 Å². The van der Waals surface area contributed by atoms with Crippen LogP contribution in [0, 0.1) is 31.0 Å².